The summed E-state index contributed by atoms with van der Waals surface area (Å²) in [6.07, 6.45) is 5.74. The molecule has 0 radical (unpaired) electrons. The van der Waals surface area contributed by atoms with Crippen LogP contribution in [0.25, 0.3) is 0 Å². The summed E-state index contributed by atoms with van der Waals surface area (Å²) >= 11 is 3.51. The van der Waals surface area contributed by atoms with Crippen LogP contribution in [-0.4, -0.2) is 42.0 Å². The fourth-order valence-electron chi connectivity index (χ4n) is 3.94. The molecule has 2 atom stereocenters. The van der Waals surface area contributed by atoms with Gasteiger partial charge in [0.1, 0.15) is 0 Å². The number of hydrogen-bond acceptors (Lipinski definition) is 2. The van der Waals surface area contributed by atoms with Crippen LogP contribution in [-0.2, 0) is 6.54 Å². The summed E-state index contributed by atoms with van der Waals surface area (Å²) in [6.45, 7) is 8.51. The Labute approximate surface area is 137 Å². The Balaban J connectivity index is 1.49. The monoisotopic (exact) mass is 350 g/mol. The minimum Gasteiger partial charge on any atom is -0.298 e. The molecule has 2 nitrogen and oxygen atoms in total. The zero-order chi connectivity index (χ0) is 14.7. The Kier molecular flexibility index (Phi) is 5.36. The van der Waals surface area contributed by atoms with E-state index in [1.807, 2.05) is 0 Å². The Morgan fingerprint density at radius 2 is 1.67 bits per heavy atom. The van der Waals surface area contributed by atoms with Crippen molar-refractivity contribution in [3.05, 3.63) is 34.3 Å². The second-order valence-electron chi connectivity index (χ2n) is 6.77. The predicted octanol–water partition coefficient (Wildman–Crippen LogP) is 4.15. The first-order valence-corrected chi connectivity index (χ1v) is 9.22. The van der Waals surface area contributed by atoms with Crippen LogP contribution in [0, 0.1) is 5.92 Å². The van der Waals surface area contributed by atoms with Gasteiger partial charge in [-0.2, -0.15) is 0 Å². The summed E-state index contributed by atoms with van der Waals surface area (Å²) in [5, 5.41) is 0. The molecule has 3 heteroatoms. The first-order chi connectivity index (χ1) is 10.2. The lowest BCUT2D eigenvalue weighted by Crippen LogP contribution is -2.52. The van der Waals surface area contributed by atoms with Gasteiger partial charge in [0.15, 0.2) is 0 Å². The Morgan fingerprint density at radius 3 is 2.33 bits per heavy atom. The number of rotatable bonds is 3. The number of nitrogens with zero attached hydrogens (tertiary/aromatic N) is 2. The fourth-order valence-corrected chi connectivity index (χ4v) is 4.20. The van der Waals surface area contributed by atoms with Gasteiger partial charge in [-0.05, 0) is 36.5 Å². The maximum Gasteiger partial charge on any atom is 0.0234 e. The van der Waals surface area contributed by atoms with E-state index in [0.717, 1.165) is 18.5 Å². The van der Waals surface area contributed by atoms with Crippen molar-refractivity contribution >= 4 is 15.9 Å². The van der Waals surface area contributed by atoms with Gasteiger partial charge in [-0.15, -0.1) is 0 Å². The van der Waals surface area contributed by atoms with Crippen LogP contribution in [0.3, 0.4) is 0 Å². The second kappa shape index (κ2) is 7.26. The van der Waals surface area contributed by atoms with E-state index < -0.39 is 0 Å². The van der Waals surface area contributed by atoms with Crippen LogP contribution in [0.5, 0.6) is 0 Å². The Morgan fingerprint density at radius 1 is 1.00 bits per heavy atom. The number of benzene rings is 1. The molecule has 2 aliphatic rings. The molecule has 1 saturated heterocycles. The molecule has 0 unspecified atom stereocenters. The molecular weight excluding hydrogens is 324 g/mol. The molecule has 0 aromatic heterocycles. The smallest absolute Gasteiger partial charge is 0.0234 e. The maximum atomic E-state index is 3.51. The summed E-state index contributed by atoms with van der Waals surface area (Å²) in [5.41, 5.74) is 1.43. The largest absolute Gasteiger partial charge is 0.298 e. The summed E-state index contributed by atoms with van der Waals surface area (Å²) in [5.74, 6) is 0.900. The average Bonchev–Trinajstić information content (AvgIpc) is 2.51. The van der Waals surface area contributed by atoms with Gasteiger partial charge in [0.25, 0.3) is 0 Å². The molecule has 1 aromatic rings. The molecule has 1 saturated carbocycles. The van der Waals surface area contributed by atoms with Crippen LogP contribution in [0.4, 0.5) is 0 Å². The molecule has 0 amide bonds. The quantitative estimate of drug-likeness (QED) is 0.807. The van der Waals surface area contributed by atoms with Crippen molar-refractivity contribution in [1.82, 2.24) is 9.80 Å². The topological polar surface area (TPSA) is 6.48 Å². The van der Waals surface area contributed by atoms with E-state index in [0.29, 0.717) is 0 Å². The van der Waals surface area contributed by atoms with Crippen molar-refractivity contribution in [3.63, 3.8) is 0 Å². The molecule has 1 aliphatic heterocycles. The molecule has 1 aromatic carbocycles. The predicted molar refractivity (Wildman–Crippen MR) is 92.4 cm³/mol. The fraction of sp³-hybridized carbons (Fsp3) is 0.667. The summed E-state index contributed by atoms with van der Waals surface area (Å²) in [6, 6.07) is 9.62. The highest BCUT2D eigenvalue weighted by molar-refractivity contribution is 9.10. The van der Waals surface area contributed by atoms with Crippen molar-refractivity contribution < 1.29 is 0 Å². The first kappa shape index (κ1) is 15.5. The van der Waals surface area contributed by atoms with E-state index in [9.17, 15) is 0 Å². The van der Waals surface area contributed by atoms with Crippen molar-refractivity contribution in [3.8, 4) is 0 Å². The third kappa shape index (κ3) is 4.08. The van der Waals surface area contributed by atoms with Gasteiger partial charge in [-0.25, -0.2) is 0 Å². The lowest BCUT2D eigenvalue weighted by atomic mass is 9.84. The lowest BCUT2D eigenvalue weighted by molar-refractivity contribution is 0.0518. The molecule has 1 aliphatic carbocycles. The van der Waals surface area contributed by atoms with E-state index in [-0.39, 0.29) is 0 Å². The van der Waals surface area contributed by atoms with Gasteiger partial charge in [-0.1, -0.05) is 47.8 Å². The average molecular weight is 351 g/mol. The zero-order valence-corrected chi connectivity index (χ0v) is 14.7. The Bertz CT molecular complexity index is 437. The van der Waals surface area contributed by atoms with Crippen LogP contribution in [0.2, 0.25) is 0 Å². The molecule has 0 N–H and O–H groups in total. The molecule has 2 fully saturated rings. The summed E-state index contributed by atoms with van der Waals surface area (Å²) in [4.78, 5) is 5.37. The lowest BCUT2D eigenvalue weighted by Gasteiger charge is -2.43. The van der Waals surface area contributed by atoms with E-state index >= 15 is 0 Å². The Hall–Kier alpha value is -0.380. The van der Waals surface area contributed by atoms with Gasteiger partial charge >= 0.3 is 0 Å². The molecular formula is C18H27BrN2. The van der Waals surface area contributed by atoms with Crippen LogP contribution in [0.15, 0.2) is 28.7 Å². The molecule has 116 valence electrons. The van der Waals surface area contributed by atoms with E-state index in [4.69, 9.17) is 0 Å². The van der Waals surface area contributed by atoms with E-state index in [2.05, 4.69) is 56.9 Å². The van der Waals surface area contributed by atoms with Crippen molar-refractivity contribution in [2.24, 2.45) is 5.92 Å². The molecule has 0 spiro atoms. The summed E-state index contributed by atoms with van der Waals surface area (Å²) < 4.78 is 1.17. The third-order valence-corrected chi connectivity index (χ3v) is 5.79. The van der Waals surface area contributed by atoms with Crippen molar-refractivity contribution in [1.29, 1.82) is 0 Å². The standard InChI is InChI=1S/C18H27BrN2/c1-15-4-2-3-5-18(15)21-12-10-20(11-13-21)14-16-6-8-17(19)9-7-16/h6-9,15,18H,2-5,10-14H2,1H3/t15-,18+/m0/s1. The second-order valence-corrected chi connectivity index (χ2v) is 7.68. The highest BCUT2D eigenvalue weighted by Crippen LogP contribution is 2.28. The molecule has 3 rings (SSSR count). The van der Waals surface area contributed by atoms with Crippen LogP contribution >= 0.6 is 15.9 Å². The van der Waals surface area contributed by atoms with Crippen LogP contribution < -0.4 is 0 Å². The van der Waals surface area contributed by atoms with Gasteiger partial charge in [0.2, 0.25) is 0 Å². The SMILES string of the molecule is C[C@H]1CCCC[C@H]1N1CCN(Cc2ccc(Br)cc2)CC1. The highest BCUT2D eigenvalue weighted by atomic mass is 79.9. The molecule has 0 bridgehead atoms. The number of halogens is 1. The van der Waals surface area contributed by atoms with Crippen LogP contribution in [0.1, 0.15) is 38.2 Å². The zero-order valence-electron chi connectivity index (χ0n) is 13.1. The summed E-state index contributed by atoms with van der Waals surface area (Å²) in [7, 11) is 0. The highest BCUT2D eigenvalue weighted by Gasteiger charge is 2.29. The third-order valence-electron chi connectivity index (χ3n) is 5.26. The normalized spacial score (nSPS) is 28.7. The maximum absolute atomic E-state index is 3.51. The van der Waals surface area contributed by atoms with Gasteiger partial charge in [-0.3, -0.25) is 9.80 Å². The minimum absolute atomic E-state index is 0.855. The van der Waals surface area contributed by atoms with Gasteiger partial charge in [0, 0.05) is 43.2 Å². The number of hydrogen-bond donors (Lipinski definition) is 0. The van der Waals surface area contributed by atoms with E-state index in [1.165, 1.54) is 61.9 Å². The minimum atomic E-state index is 0.855. The van der Waals surface area contributed by atoms with Gasteiger partial charge in [0.05, 0.1) is 0 Å². The van der Waals surface area contributed by atoms with Crippen molar-refractivity contribution in [2.75, 3.05) is 26.2 Å². The number of piperazine rings is 1. The molecule has 1 heterocycles. The van der Waals surface area contributed by atoms with Crippen molar-refractivity contribution in [2.45, 2.75) is 45.2 Å². The first-order valence-electron chi connectivity index (χ1n) is 8.43. The van der Waals surface area contributed by atoms with E-state index in [1.54, 1.807) is 0 Å². The molecule has 21 heavy (non-hydrogen) atoms. The van der Waals surface area contributed by atoms with Gasteiger partial charge < -0.3 is 0 Å².